The first-order valence-corrected chi connectivity index (χ1v) is 8.25. The molecule has 4 heteroatoms. The van der Waals surface area contributed by atoms with Crippen LogP contribution in [0.2, 0.25) is 0 Å². The highest BCUT2D eigenvalue weighted by molar-refractivity contribution is 9.10. The van der Waals surface area contributed by atoms with Crippen LogP contribution in [0.3, 0.4) is 0 Å². The van der Waals surface area contributed by atoms with Gasteiger partial charge in [0.2, 0.25) is 0 Å². The van der Waals surface area contributed by atoms with E-state index in [9.17, 15) is 0 Å². The smallest absolute Gasteiger partial charge is 0.0935 e. The minimum Gasteiger partial charge on any atom is -0.328 e. The molecular formula is C15H17BrN2S. The summed E-state index contributed by atoms with van der Waals surface area (Å²) in [5.74, 6) is 0.748. The lowest BCUT2D eigenvalue weighted by atomic mass is 9.79. The van der Waals surface area contributed by atoms with Crippen molar-refractivity contribution < 1.29 is 0 Å². The quantitative estimate of drug-likeness (QED) is 0.913. The molecule has 1 aromatic heterocycles. The average Bonchev–Trinajstić information content (AvgIpc) is 2.79. The Hall–Kier alpha value is -0.710. The molecule has 2 aromatic rings. The van der Waals surface area contributed by atoms with Crippen LogP contribution >= 0.6 is 27.3 Å². The van der Waals surface area contributed by atoms with E-state index in [0.29, 0.717) is 6.04 Å². The van der Waals surface area contributed by atoms with E-state index in [-0.39, 0.29) is 0 Å². The Labute approximate surface area is 126 Å². The lowest BCUT2D eigenvalue weighted by Gasteiger charge is -2.31. The fraction of sp³-hybridized carbons (Fsp3) is 0.400. The van der Waals surface area contributed by atoms with Crippen molar-refractivity contribution in [1.29, 1.82) is 0 Å². The average molecular weight is 337 g/mol. The van der Waals surface area contributed by atoms with Crippen LogP contribution in [0.5, 0.6) is 0 Å². The molecule has 0 atom stereocenters. The summed E-state index contributed by atoms with van der Waals surface area (Å²) < 4.78 is 1.10. The first-order chi connectivity index (χ1) is 9.11. The number of aryl methyl sites for hydroxylation is 1. The van der Waals surface area contributed by atoms with Crippen LogP contribution in [0.25, 0.3) is 11.3 Å². The Balaban J connectivity index is 1.78. The summed E-state index contributed by atoms with van der Waals surface area (Å²) in [6, 6.07) is 6.77. The zero-order valence-corrected chi connectivity index (χ0v) is 13.3. The molecule has 0 aliphatic heterocycles. The van der Waals surface area contributed by atoms with Crippen molar-refractivity contribution in [1.82, 2.24) is 4.98 Å². The van der Waals surface area contributed by atoms with Crippen molar-refractivity contribution in [3.8, 4) is 11.3 Å². The second-order valence-electron chi connectivity index (χ2n) is 5.39. The second-order valence-corrected chi connectivity index (χ2v) is 7.25. The molecule has 19 heavy (non-hydrogen) atoms. The number of thiazole rings is 1. The van der Waals surface area contributed by atoms with E-state index in [1.54, 1.807) is 11.3 Å². The van der Waals surface area contributed by atoms with Gasteiger partial charge in [0, 0.05) is 27.9 Å². The fourth-order valence-electron chi connectivity index (χ4n) is 2.60. The molecule has 2 nitrogen and oxygen atoms in total. The van der Waals surface area contributed by atoms with Crippen molar-refractivity contribution in [2.75, 3.05) is 0 Å². The van der Waals surface area contributed by atoms with Crippen LogP contribution in [0, 0.1) is 12.8 Å². The Morgan fingerprint density at radius 3 is 2.95 bits per heavy atom. The van der Waals surface area contributed by atoms with Crippen LogP contribution in [0.15, 0.2) is 28.1 Å². The first kappa shape index (κ1) is 13.3. The van der Waals surface area contributed by atoms with Crippen molar-refractivity contribution in [3.63, 3.8) is 0 Å². The monoisotopic (exact) mass is 336 g/mol. The van der Waals surface area contributed by atoms with Gasteiger partial charge in [0.15, 0.2) is 0 Å². The third kappa shape index (κ3) is 2.91. The Morgan fingerprint density at radius 1 is 1.42 bits per heavy atom. The van der Waals surface area contributed by atoms with Gasteiger partial charge in [-0.15, -0.1) is 11.3 Å². The summed E-state index contributed by atoms with van der Waals surface area (Å²) in [5, 5.41) is 3.41. The van der Waals surface area contributed by atoms with Crippen LogP contribution in [0.1, 0.15) is 23.4 Å². The normalized spacial score (nSPS) is 22.3. The highest BCUT2D eigenvalue weighted by Gasteiger charge is 2.26. The van der Waals surface area contributed by atoms with E-state index in [1.807, 2.05) is 0 Å². The summed E-state index contributed by atoms with van der Waals surface area (Å²) in [4.78, 5) is 4.79. The topological polar surface area (TPSA) is 38.9 Å². The Bertz CT molecular complexity index is 588. The number of nitrogens with two attached hydrogens (primary N) is 1. The number of rotatable bonds is 3. The molecular weight excluding hydrogens is 320 g/mol. The van der Waals surface area contributed by atoms with Gasteiger partial charge in [0.1, 0.15) is 0 Å². The third-order valence-electron chi connectivity index (χ3n) is 3.76. The SMILES string of the molecule is Cc1ccc(Br)cc1-c1csc(CC2CC(N)C2)n1. The highest BCUT2D eigenvalue weighted by atomic mass is 79.9. The van der Waals surface area contributed by atoms with E-state index in [4.69, 9.17) is 10.7 Å². The molecule has 0 saturated heterocycles. The predicted molar refractivity (Wildman–Crippen MR) is 84.4 cm³/mol. The number of aromatic nitrogens is 1. The van der Waals surface area contributed by atoms with Gasteiger partial charge in [-0.2, -0.15) is 0 Å². The molecule has 0 unspecified atom stereocenters. The molecule has 3 rings (SSSR count). The fourth-order valence-corrected chi connectivity index (χ4v) is 3.87. The maximum Gasteiger partial charge on any atom is 0.0935 e. The molecule has 1 saturated carbocycles. The molecule has 0 bridgehead atoms. The van der Waals surface area contributed by atoms with Crippen LogP contribution in [-0.4, -0.2) is 11.0 Å². The van der Waals surface area contributed by atoms with E-state index >= 15 is 0 Å². The largest absolute Gasteiger partial charge is 0.328 e. The number of nitrogens with zero attached hydrogens (tertiary/aromatic N) is 1. The molecule has 1 aliphatic carbocycles. The zero-order valence-electron chi connectivity index (χ0n) is 10.9. The maximum absolute atomic E-state index is 5.83. The summed E-state index contributed by atoms with van der Waals surface area (Å²) in [7, 11) is 0. The number of hydrogen-bond acceptors (Lipinski definition) is 3. The van der Waals surface area contributed by atoms with Crippen molar-refractivity contribution in [2.45, 2.75) is 32.2 Å². The van der Waals surface area contributed by atoms with Crippen molar-refractivity contribution >= 4 is 27.3 Å². The van der Waals surface area contributed by atoms with Gasteiger partial charge >= 0.3 is 0 Å². The predicted octanol–water partition coefficient (Wildman–Crippen LogP) is 4.16. The van der Waals surface area contributed by atoms with Gasteiger partial charge in [-0.05, 0) is 43.4 Å². The number of benzene rings is 1. The summed E-state index contributed by atoms with van der Waals surface area (Å²) >= 11 is 5.30. The third-order valence-corrected chi connectivity index (χ3v) is 5.13. The Morgan fingerprint density at radius 2 is 2.21 bits per heavy atom. The molecule has 100 valence electrons. The lowest BCUT2D eigenvalue weighted by Crippen LogP contribution is -2.37. The van der Waals surface area contributed by atoms with E-state index < -0.39 is 0 Å². The highest BCUT2D eigenvalue weighted by Crippen LogP contribution is 2.32. The van der Waals surface area contributed by atoms with Gasteiger partial charge < -0.3 is 5.73 Å². The van der Waals surface area contributed by atoms with Crippen molar-refractivity contribution in [2.24, 2.45) is 11.7 Å². The van der Waals surface area contributed by atoms with E-state index in [0.717, 1.165) is 35.3 Å². The van der Waals surface area contributed by atoms with Crippen molar-refractivity contribution in [3.05, 3.63) is 38.6 Å². The van der Waals surface area contributed by atoms with Crippen LogP contribution < -0.4 is 5.73 Å². The minimum atomic E-state index is 0.428. The van der Waals surface area contributed by atoms with Gasteiger partial charge in [0.25, 0.3) is 0 Å². The standard InChI is InChI=1S/C15H17BrN2S/c1-9-2-3-11(16)7-13(9)14-8-19-15(18-14)6-10-4-12(17)5-10/h2-3,7-8,10,12H,4-6,17H2,1H3. The summed E-state index contributed by atoms with van der Waals surface area (Å²) in [6.45, 7) is 2.13. The van der Waals surface area contributed by atoms with E-state index in [2.05, 4.69) is 46.4 Å². The van der Waals surface area contributed by atoms with Crippen LogP contribution in [-0.2, 0) is 6.42 Å². The summed E-state index contributed by atoms with van der Waals surface area (Å²) in [6.07, 6.45) is 3.40. The molecule has 1 aromatic carbocycles. The molecule has 0 radical (unpaired) electrons. The molecule has 2 N–H and O–H groups in total. The van der Waals surface area contributed by atoms with Gasteiger partial charge in [0.05, 0.1) is 10.7 Å². The number of hydrogen-bond donors (Lipinski definition) is 1. The zero-order chi connectivity index (χ0) is 13.4. The van der Waals surface area contributed by atoms with Gasteiger partial charge in [-0.25, -0.2) is 4.98 Å². The molecule has 1 aliphatic rings. The molecule has 1 fully saturated rings. The number of halogens is 1. The lowest BCUT2D eigenvalue weighted by molar-refractivity contribution is 0.264. The van der Waals surface area contributed by atoms with Gasteiger partial charge in [-0.3, -0.25) is 0 Å². The Kier molecular flexibility index (Phi) is 3.74. The minimum absolute atomic E-state index is 0.428. The maximum atomic E-state index is 5.83. The van der Waals surface area contributed by atoms with Gasteiger partial charge in [-0.1, -0.05) is 22.0 Å². The molecule has 0 spiro atoms. The van der Waals surface area contributed by atoms with E-state index in [1.165, 1.54) is 16.1 Å². The van der Waals surface area contributed by atoms with Crippen LogP contribution in [0.4, 0.5) is 0 Å². The molecule has 1 heterocycles. The first-order valence-electron chi connectivity index (χ1n) is 6.58. The second kappa shape index (κ2) is 5.35. The summed E-state index contributed by atoms with van der Waals surface area (Å²) in [5.41, 5.74) is 9.43. The molecule has 0 amide bonds.